The van der Waals surface area contributed by atoms with Gasteiger partial charge in [-0.15, -0.1) is 5.10 Å². The largest absolute Gasteiger partial charge is 0.455 e. The van der Waals surface area contributed by atoms with Crippen LogP contribution in [-0.2, 0) is 0 Å². The molecule has 0 aliphatic carbocycles. The molecule has 7 heteroatoms. The van der Waals surface area contributed by atoms with E-state index in [-0.39, 0.29) is 5.69 Å². The van der Waals surface area contributed by atoms with E-state index in [4.69, 9.17) is 10.2 Å². The van der Waals surface area contributed by atoms with Crippen molar-refractivity contribution in [3.05, 3.63) is 88.2 Å². The van der Waals surface area contributed by atoms with Crippen LogP contribution in [0.5, 0.6) is 0 Å². The smallest absolute Gasteiger partial charge is 0.270 e. The lowest BCUT2D eigenvalue weighted by molar-refractivity contribution is -0.384. The highest BCUT2D eigenvalue weighted by Crippen LogP contribution is 2.25. The number of furan rings is 1. The molecule has 0 fully saturated rings. The molecule has 0 saturated carbocycles. The van der Waals surface area contributed by atoms with Crippen molar-refractivity contribution < 1.29 is 9.34 Å². The molecule has 0 bridgehead atoms. The normalized spacial score (nSPS) is 11.8. The monoisotopic (exact) mass is 334 g/mol. The number of rotatable bonds is 5. The number of nitro benzene ring substituents is 1. The Labute approximate surface area is 143 Å². The Morgan fingerprint density at radius 1 is 1.08 bits per heavy atom. The molecule has 0 spiro atoms. The van der Waals surface area contributed by atoms with Crippen LogP contribution in [0.2, 0.25) is 0 Å². The van der Waals surface area contributed by atoms with Gasteiger partial charge in [-0.1, -0.05) is 42.5 Å². The zero-order valence-electron chi connectivity index (χ0n) is 13.1. The van der Waals surface area contributed by atoms with Crippen LogP contribution in [0.1, 0.15) is 11.3 Å². The Balaban J connectivity index is 1.76. The summed E-state index contributed by atoms with van der Waals surface area (Å²) in [7, 11) is 0. The van der Waals surface area contributed by atoms with E-state index in [0.29, 0.717) is 22.9 Å². The highest BCUT2D eigenvalue weighted by Gasteiger charge is 2.09. The fourth-order valence-corrected chi connectivity index (χ4v) is 2.16. The van der Waals surface area contributed by atoms with E-state index in [9.17, 15) is 10.1 Å². The Morgan fingerprint density at radius 3 is 2.64 bits per heavy atom. The molecule has 1 heterocycles. The van der Waals surface area contributed by atoms with E-state index in [1.54, 1.807) is 24.3 Å². The summed E-state index contributed by atoms with van der Waals surface area (Å²) >= 11 is 0. The number of hydrogen-bond acceptors (Lipinski definition) is 5. The summed E-state index contributed by atoms with van der Waals surface area (Å²) < 4.78 is 5.61. The van der Waals surface area contributed by atoms with Gasteiger partial charge < -0.3 is 10.2 Å². The zero-order valence-corrected chi connectivity index (χ0v) is 13.1. The molecule has 7 nitrogen and oxygen atoms in total. The quantitative estimate of drug-likeness (QED) is 0.333. The molecule has 124 valence electrons. The summed E-state index contributed by atoms with van der Waals surface area (Å²) in [4.78, 5) is 10.4. The molecule has 0 atom stereocenters. The predicted octanol–water partition coefficient (Wildman–Crippen LogP) is 3.59. The second-order valence-electron chi connectivity index (χ2n) is 5.11. The van der Waals surface area contributed by atoms with Crippen LogP contribution in [0.15, 0.2) is 81.4 Å². The van der Waals surface area contributed by atoms with Crippen molar-refractivity contribution in [2.75, 3.05) is 0 Å². The molecule has 0 amide bonds. The lowest BCUT2D eigenvalue weighted by atomic mass is 10.1. The van der Waals surface area contributed by atoms with E-state index in [0.717, 1.165) is 5.56 Å². The fraction of sp³-hybridized carbons (Fsp3) is 0. The van der Waals surface area contributed by atoms with Gasteiger partial charge >= 0.3 is 0 Å². The van der Waals surface area contributed by atoms with Gasteiger partial charge in [0.15, 0.2) is 5.84 Å². The molecule has 3 rings (SSSR count). The van der Waals surface area contributed by atoms with Gasteiger partial charge in [0.05, 0.1) is 11.1 Å². The lowest BCUT2D eigenvalue weighted by Gasteiger charge is -1.97. The second-order valence-corrected chi connectivity index (χ2v) is 5.11. The minimum Gasteiger partial charge on any atom is -0.455 e. The number of non-ortho nitro benzene ring substituents is 1. The van der Waals surface area contributed by atoms with Crippen molar-refractivity contribution in [3.63, 3.8) is 0 Å². The molecule has 0 aliphatic heterocycles. The van der Waals surface area contributed by atoms with Gasteiger partial charge in [0.25, 0.3) is 5.69 Å². The summed E-state index contributed by atoms with van der Waals surface area (Å²) in [6.07, 6.45) is 1.43. The van der Waals surface area contributed by atoms with Gasteiger partial charge in [0.1, 0.15) is 11.5 Å². The third-order valence-corrected chi connectivity index (χ3v) is 3.39. The Kier molecular flexibility index (Phi) is 4.66. The third kappa shape index (κ3) is 3.97. The van der Waals surface area contributed by atoms with Crippen LogP contribution in [-0.4, -0.2) is 17.0 Å². The Morgan fingerprint density at radius 2 is 1.88 bits per heavy atom. The molecule has 3 aromatic rings. The number of nitro groups is 1. The van der Waals surface area contributed by atoms with Gasteiger partial charge in [-0.05, 0) is 12.1 Å². The molecule has 2 N–H and O–H groups in total. The van der Waals surface area contributed by atoms with E-state index in [1.807, 2.05) is 30.3 Å². The summed E-state index contributed by atoms with van der Waals surface area (Å²) in [5, 5.41) is 18.7. The maximum atomic E-state index is 10.8. The predicted molar refractivity (Wildman–Crippen MR) is 95.6 cm³/mol. The van der Waals surface area contributed by atoms with E-state index in [2.05, 4.69) is 10.2 Å². The van der Waals surface area contributed by atoms with Crippen LogP contribution in [0, 0.1) is 10.1 Å². The number of hydrogen-bond donors (Lipinski definition) is 1. The van der Waals surface area contributed by atoms with Gasteiger partial charge in [-0.25, -0.2) is 0 Å². The molecular weight excluding hydrogens is 320 g/mol. The van der Waals surface area contributed by atoms with E-state index < -0.39 is 4.92 Å². The lowest BCUT2D eigenvalue weighted by Crippen LogP contribution is -2.12. The summed E-state index contributed by atoms with van der Waals surface area (Å²) in [6.45, 7) is 0. The average Bonchev–Trinajstić information content (AvgIpc) is 3.11. The molecule has 0 unspecified atom stereocenters. The van der Waals surface area contributed by atoms with E-state index in [1.165, 1.54) is 18.3 Å². The molecular formula is C18H14N4O3. The summed E-state index contributed by atoms with van der Waals surface area (Å²) in [5.74, 6) is 1.26. The van der Waals surface area contributed by atoms with Crippen LogP contribution >= 0.6 is 0 Å². The SMILES string of the molecule is NC(=NN=Cc1ccc(-c2cccc([N+](=O)[O-])c2)o1)c1ccccc1. The third-order valence-electron chi connectivity index (χ3n) is 3.39. The van der Waals surface area contributed by atoms with Crippen molar-refractivity contribution in [1.82, 2.24) is 0 Å². The Bertz CT molecular complexity index is 946. The first kappa shape index (κ1) is 16.1. The van der Waals surface area contributed by atoms with Crippen molar-refractivity contribution in [2.24, 2.45) is 15.9 Å². The molecule has 2 aromatic carbocycles. The van der Waals surface area contributed by atoms with Crippen LogP contribution in [0.3, 0.4) is 0 Å². The zero-order chi connectivity index (χ0) is 17.6. The fourth-order valence-electron chi connectivity index (χ4n) is 2.16. The second kappa shape index (κ2) is 7.22. The highest BCUT2D eigenvalue weighted by molar-refractivity contribution is 5.97. The van der Waals surface area contributed by atoms with Gasteiger partial charge in [-0.2, -0.15) is 5.10 Å². The maximum absolute atomic E-state index is 10.8. The van der Waals surface area contributed by atoms with Crippen LogP contribution < -0.4 is 5.73 Å². The van der Waals surface area contributed by atoms with Crippen molar-refractivity contribution >= 4 is 17.7 Å². The molecule has 25 heavy (non-hydrogen) atoms. The van der Waals surface area contributed by atoms with Crippen LogP contribution in [0.25, 0.3) is 11.3 Å². The number of nitrogens with two attached hydrogens (primary N) is 1. The summed E-state index contributed by atoms with van der Waals surface area (Å²) in [5.41, 5.74) is 7.23. The van der Waals surface area contributed by atoms with E-state index >= 15 is 0 Å². The number of benzene rings is 2. The van der Waals surface area contributed by atoms with Crippen molar-refractivity contribution in [3.8, 4) is 11.3 Å². The molecule has 0 radical (unpaired) electrons. The highest BCUT2D eigenvalue weighted by atomic mass is 16.6. The maximum Gasteiger partial charge on any atom is 0.270 e. The summed E-state index contributed by atoms with van der Waals surface area (Å²) in [6, 6.07) is 18.9. The molecule has 0 aliphatic rings. The average molecular weight is 334 g/mol. The van der Waals surface area contributed by atoms with Gasteiger partial charge in [-0.3, -0.25) is 10.1 Å². The first-order valence-corrected chi connectivity index (χ1v) is 7.40. The topological polar surface area (TPSA) is 107 Å². The number of amidine groups is 1. The minimum atomic E-state index is -0.449. The minimum absolute atomic E-state index is 0.00403. The Hall–Kier alpha value is -3.74. The number of nitrogens with zero attached hydrogens (tertiary/aromatic N) is 3. The molecule has 1 aromatic heterocycles. The first-order chi connectivity index (χ1) is 12.1. The van der Waals surface area contributed by atoms with Crippen molar-refractivity contribution in [2.45, 2.75) is 0 Å². The molecule has 0 saturated heterocycles. The van der Waals surface area contributed by atoms with Gasteiger partial charge in [0.2, 0.25) is 0 Å². The van der Waals surface area contributed by atoms with Crippen molar-refractivity contribution in [1.29, 1.82) is 0 Å². The standard InChI is InChI=1S/C18H14N4O3/c19-18(13-5-2-1-3-6-13)21-20-12-16-9-10-17(25-16)14-7-4-8-15(11-14)22(23)24/h1-12H,(H2,19,21). The first-order valence-electron chi connectivity index (χ1n) is 7.40. The van der Waals surface area contributed by atoms with Gasteiger partial charge in [0, 0.05) is 23.3 Å². The van der Waals surface area contributed by atoms with Crippen LogP contribution in [0.4, 0.5) is 5.69 Å².